The fourth-order valence-corrected chi connectivity index (χ4v) is 0.914. The van der Waals surface area contributed by atoms with Gasteiger partial charge in [-0.15, -0.1) is 0 Å². The standard InChI is InChI=1S/C8H12N4O3/c1-2-12-4-6(3-10-12)15-5-7(13)11-8(9)14/h3-4H,2,5H2,1H3,(H3,9,11,13,14). The van der Waals surface area contributed by atoms with Gasteiger partial charge in [-0.1, -0.05) is 0 Å². The Labute approximate surface area is 86.2 Å². The molecule has 0 radical (unpaired) electrons. The molecule has 0 saturated heterocycles. The minimum absolute atomic E-state index is 0.266. The van der Waals surface area contributed by atoms with E-state index in [-0.39, 0.29) is 6.61 Å². The van der Waals surface area contributed by atoms with Gasteiger partial charge >= 0.3 is 6.03 Å². The number of nitrogens with two attached hydrogens (primary N) is 1. The highest BCUT2D eigenvalue weighted by molar-refractivity contribution is 5.94. The number of hydrogen-bond donors (Lipinski definition) is 2. The lowest BCUT2D eigenvalue weighted by molar-refractivity contribution is -0.121. The number of nitrogens with zero attached hydrogens (tertiary/aromatic N) is 2. The number of hydrogen-bond acceptors (Lipinski definition) is 4. The number of amides is 3. The number of primary amides is 1. The molecule has 0 aliphatic rings. The summed E-state index contributed by atoms with van der Waals surface area (Å²) in [5, 5.41) is 5.82. The molecule has 15 heavy (non-hydrogen) atoms. The van der Waals surface area contributed by atoms with Gasteiger partial charge in [0.2, 0.25) is 0 Å². The van der Waals surface area contributed by atoms with E-state index in [1.165, 1.54) is 6.20 Å². The average Bonchev–Trinajstić information content (AvgIpc) is 2.61. The third-order valence-corrected chi connectivity index (χ3v) is 1.57. The summed E-state index contributed by atoms with van der Waals surface area (Å²) in [6.45, 7) is 2.38. The lowest BCUT2D eigenvalue weighted by atomic mass is 10.6. The zero-order valence-electron chi connectivity index (χ0n) is 8.27. The van der Waals surface area contributed by atoms with Crippen LogP contribution >= 0.6 is 0 Å². The van der Waals surface area contributed by atoms with Gasteiger partial charge in [0.25, 0.3) is 5.91 Å². The first-order valence-electron chi connectivity index (χ1n) is 4.36. The van der Waals surface area contributed by atoms with E-state index in [1.807, 2.05) is 12.2 Å². The topological polar surface area (TPSA) is 99.2 Å². The molecule has 1 heterocycles. The normalized spacial score (nSPS) is 9.67. The third-order valence-electron chi connectivity index (χ3n) is 1.57. The van der Waals surface area contributed by atoms with Crippen LogP contribution in [-0.4, -0.2) is 28.3 Å². The fourth-order valence-electron chi connectivity index (χ4n) is 0.914. The maximum absolute atomic E-state index is 10.9. The lowest BCUT2D eigenvalue weighted by Gasteiger charge is -2.01. The molecule has 1 aromatic heterocycles. The van der Waals surface area contributed by atoms with Gasteiger partial charge in [-0.3, -0.25) is 14.8 Å². The van der Waals surface area contributed by atoms with Crippen molar-refractivity contribution in [3.63, 3.8) is 0 Å². The number of nitrogens with one attached hydrogen (secondary N) is 1. The molecule has 3 N–H and O–H groups in total. The summed E-state index contributed by atoms with van der Waals surface area (Å²) in [6.07, 6.45) is 3.14. The number of urea groups is 1. The smallest absolute Gasteiger partial charge is 0.318 e. The molecule has 82 valence electrons. The van der Waals surface area contributed by atoms with Crippen LogP contribution < -0.4 is 15.8 Å². The molecule has 1 rings (SSSR count). The van der Waals surface area contributed by atoms with E-state index in [0.717, 1.165) is 6.54 Å². The van der Waals surface area contributed by atoms with Gasteiger partial charge in [-0.2, -0.15) is 5.10 Å². The van der Waals surface area contributed by atoms with Gasteiger partial charge in [0.15, 0.2) is 12.4 Å². The maximum atomic E-state index is 10.9. The van der Waals surface area contributed by atoms with E-state index in [1.54, 1.807) is 10.9 Å². The third kappa shape index (κ3) is 3.67. The Kier molecular flexibility index (Phi) is 3.67. The first-order chi connectivity index (χ1) is 7.11. The number of rotatable bonds is 4. The summed E-state index contributed by atoms with van der Waals surface area (Å²) in [7, 11) is 0. The maximum Gasteiger partial charge on any atom is 0.318 e. The van der Waals surface area contributed by atoms with E-state index in [2.05, 4.69) is 5.10 Å². The van der Waals surface area contributed by atoms with Crippen molar-refractivity contribution in [3.05, 3.63) is 12.4 Å². The number of carbonyl (C=O) groups is 2. The molecule has 0 fully saturated rings. The Bertz CT molecular complexity index is 361. The summed E-state index contributed by atoms with van der Waals surface area (Å²) in [5.74, 6) is -0.122. The zero-order valence-corrected chi connectivity index (χ0v) is 8.27. The SMILES string of the molecule is CCn1cc(OCC(=O)NC(N)=O)cn1. The number of ether oxygens (including phenoxy) is 1. The fraction of sp³-hybridized carbons (Fsp3) is 0.375. The number of carbonyl (C=O) groups excluding carboxylic acids is 2. The predicted octanol–water partition coefficient (Wildman–Crippen LogP) is -0.523. The van der Waals surface area contributed by atoms with Crippen LogP contribution in [0.3, 0.4) is 0 Å². The summed E-state index contributed by atoms with van der Waals surface area (Å²) in [4.78, 5) is 21.2. The Morgan fingerprint density at radius 1 is 1.67 bits per heavy atom. The average molecular weight is 212 g/mol. The van der Waals surface area contributed by atoms with E-state index in [9.17, 15) is 9.59 Å². The van der Waals surface area contributed by atoms with E-state index in [0.29, 0.717) is 5.75 Å². The molecule has 7 nitrogen and oxygen atoms in total. The summed E-state index contributed by atoms with van der Waals surface area (Å²) in [5.41, 5.74) is 4.75. The highest BCUT2D eigenvalue weighted by atomic mass is 16.5. The highest BCUT2D eigenvalue weighted by Gasteiger charge is 2.05. The van der Waals surface area contributed by atoms with Crippen molar-refractivity contribution >= 4 is 11.9 Å². The first-order valence-corrected chi connectivity index (χ1v) is 4.36. The highest BCUT2D eigenvalue weighted by Crippen LogP contribution is 2.07. The minimum atomic E-state index is -0.896. The second-order valence-electron chi connectivity index (χ2n) is 2.73. The summed E-state index contributed by atoms with van der Waals surface area (Å²) < 4.78 is 6.70. The monoisotopic (exact) mass is 212 g/mol. The van der Waals surface area contributed by atoms with Crippen LogP contribution in [0.4, 0.5) is 4.79 Å². The van der Waals surface area contributed by atoms with Crippen LogP contribution in [-0.2, 0) is 11.3 Å². The van der Waals surface area contributed by atoms with E-state index >= 15 is 0 Å². The van der Waals surface area contributed by atoms with Crippen molar-refractivity contribution in [2.24, 2.45) is 5.73 Å². The van der Waals surface area contributed by atoms with Crippen LogP contribution in [0, 0.1) is 0 Å². The van der Waals surface area contributed by atoms with Gasteiger partial charge in [0, 0.05) is 6.54 Å². The molecular weight excluding hydrogens is 200 g/mol. The quantitative estimate of drug-likeness (QED) is 0.701. The van der Waals surface area contributed by atoms with E-state index < -0.39 is 11.9 Å². The number of aromatic nitrogens is 2. The van der Waals surface area contributed by atoms with Crippen molar-refractivity contribution in [2.45, 2.75) is 13.5 Å². The molecule has 0 bridgehead atoms. The van der Waals surface area contributed by atoms with Gasteiger partial charge in [-0.05, 0) is 6.92 Å². The molecule has 0 aromatic carbocycles. The van der Waals surface area contributed by atoms with Crippen molar-refractivity contribution in [2.75, 3.05) is 6.61 Å². The van der Waals surface area contributed by atoms with Gasteiger partial charge < -0.3 is 10.5 Å². The predicted molar refractivity (Wildman–Crippen MR) is 51.1 cm³/mol. The largest absolute Gasteiger partial charge is 0.480 e. The second kappa shape index (κ2) is 4.99. The summed E-state index contributed by atoms with van der Waals surface area (Å²) in [6, 6.07) is -0.896. The van der Waals surface area contributed by atoms with Crippen LogP contribution in [0.25, 0.3) is 0 Å². The molecule has 7 heteroatoms. The van der Waals surface area contributed by atoms with Crippen molar-refractivity contribution in [1.29, 1.82) is 0 Å². The van der Waals surface area contributed by atoms with Gasteiger partial charge in [0.05, 0.1) is 12.4 Å². The zero-order chi connectivity index (χ0) is 11.3. The number of aryl methyl sites for hydroxylation is 1. The Hall–Kier alpha value is -2.05. The molecule has 0 atom stereocenters. The molecule has 1 aromatic rings. The molecule has 0 unspecified atom stereocenters. The lowest BCUT2D eigenvalue weighted by Crippen LogP contribution is -2.38. The van der Waals surface area contributed by atoms with Crippen molar-refractivity contribution in [3.8, 4) is 5.75 Å². The number of imide groups is 1. The van der Waals surface area contributed by atoms with Gasteiger partial charge in [-0.25, -0.2) is 4.79 Å². The Morgan fingerprint density at radius 3 is 2.93 bits per heavy atom. The molecule has 0 saturated carbocycles. The van der Waals surface area contributed by atoms with Crippen LogP contribution in [0.1, 0.15) is 6.92 Å². The first kappa shape index (κ1) is 11.0. The Balaban J connectivity index is 2.36. The van der Waals surface area contributed by atoms with Crippen LogP contribution in [0.15, 0.2) is 12.4 Å². The van der Waals surface area contributed by atoms with Crippen LogP contribution in [0.5, 0.6) is 5.75 Å². The van der Waals surface area contributed by atoms with Crippen molar-refractivity contribution in [1.82, 2.24) is 15.1 Å². The van der Waals surface area contributed by atoms with Crippen molar-refractivity contribution < 1.29 is 14.3 Å². The molecule has 0 aliphatic heterocycles. The molecular formula is C8H12N4O3. The van der Waals surface area contributed by atoms with Gasteiger partial charge in [0.1, 0.15) is 0 Å². The Morgan fingerprint density at radius 2 is 2.40 bits per heavy atom. The molecule has 0 spiro atoms. The molecule has 3 amide bonds. The second-order valence-corrected chi connectivity index (χ2v) is 2.73. The summed E-state index contributed by atoms with van der Waals surface area (Å²) >= 11 is 0. The minimum Gasteiger partial charge on any atom is -0.480 e. The van der Waals surface area contributed by atoms with Crippen LogP contribution in [0.2, 0.25) is 0 Å². The molecule has 0 aliphatic carbocycles. The van der Waals surface area contributed by atoms with E-state index in [4.69, 9.17) is 10.5 Å².